The molecule has 0 heterocycles. The van der Waals surface area contributed by atoms with Crippen molar-refractivity contribution < 1.29 is 29.5 Å². The van der Waals surface area contributed by atoms with Crippen molar-refractivity contribution in [1.82, 2.24) is 10.6 Å². The number of aliphatic hydroxyl groups excluding tert-OH is 1. The Morgan fingerprint density at radius 1 is 0.935 bits per heavy atom. The number of nitrogens with zero attached hydrogens (tertiary/aromatic N) is 1. The highest BCUT2D eigenvalue weighted by Gasteiger charge is 2.26. The summed E-state index contributed by atoms with van der Waals surface area (Å²) in [6.45, 7) is -0.765. The number of aryl methyl sites for hydroxylation is 1. The van der Waals surface area contributed by atoms with Crippen LogP contribution in [0.5, 0.6) is 0 Å². The predicted molar refractivity (Wildman–Crippen MR) is 111 cm³/mol. The molecule has 0 bridgehead atoms. The fourth-order valence-electron chi connectivity index (χ4n) is 3.00. The van der Waals surface area contributed by atoms with E-state index in [-0.39, 0.29) is 18.5 Å². The lowest BCUT2D eigenvalue weighted by Gasteiger charge is -2.22. The number of nitro benzene ring substituents is 1. The molecule has 0 spiro atoms. The Hall–Kier alpha value is -3.79. The summed E-state index contributed by atoms with van der Waals surface area (Å²) in [4.78, 5) is 46.2. The van der Waals surface area contributed by atoms with Crippen molar-refractivity contribution in [3.8, 4) is 0 Å². The number of Topliss-reactive ketones (excluding diaryl/α,β-unsaturated/α-hetero) is 1. The zero-order valence-electron chi connectivity index (χ0n) is 16.6. The van der Waals surface area contributed by atoms with Gasteiger partial charge >= 0.3 is 6.09 Å². The number of hydrogen-bond donors (Lipinski definition) is 4. The molecule has 0 aliphatic heterocycles. The largest absolute Gasteiger partial charge is 0.465 e. The molecule has 10 nitrogen and oxygen atoms in total. The molecule has 2 rings (SSSR count). The molecule has 164 valence electrons. The average Bonchev–Trinajstić information content (AvgIpc) is 2.76. The fourth-order valence-corrected chi connectivity index (χ4v) is 3.00. The van der Waals surface area contributed by atoms with Crippen LogP contribution in [0.4, 0.5) is 10.5 Å². The number of amides is 2. The number of carboxylic acid groups (broad SMARTS) is 1. The van der Waals surface area contributed by atoms with Crippen LogP contribution in [0.1, 0.15) is 17.5 Å². The van der Waals surface area contributed by atoms with Crippen LogP contribution >= 0.6 is 0 Å². The van der Waals surface area contributed by atoms with E-state index in [1.807, 2.05) is 30.3 Å². The maximum atomic E-state index is 12.7. The second kappa shape index (κ2) is 11.4. The Labute approximate surface area is 178 Å². The number of aliphatic hydroxyl groups is 1. The van der Waals surface area contributed by atoms with Crippen molar-refractivity contribution in [3.05, 3.63) is 75.8 Å². The molecule has 0 aliphatic rings. The highest BCUT2D eigenvalue weighted by atomic mass is 16.6. The number of nitro groups is 1. The highest BCUT2D eigenvalue weighted by Crippen LogP contribution is 2.14. The average molecular weight is 429 g/mol. The second-order valence-electron chi connectivity index (χ2n) is 6.84. The Morgan fingerprint density at radius 3 is 2.13 bits per heavy atom. The van der Waals surface area contributed by atoms with Crippen LogP contribution < -0.4 is 10.6 Å². The summed E-state index contributed by atoms with van der Waals surface area (Å²) in [5.74, 6) is -1.32. The van der Waals surface area contributed by atoms with Gasteiger partial charge < -0.3 is 20.8 Å². The van der Waals surface area contributed by atoms with E-state index in [4.69, 9.17) is 5.11 Å². The lowest BCUT2D eigenvalue weighted by molar-refractivity contribution is -0.384. The van der Waals surface area contributed by atoms with Gasteiger partial charge in [0.25, 0.3) is 5.69 Å². The Kier molecular flexibility index (Phi) is 8.64. The number of carbonyl (C=O) groups excluding carboxylic acids is 2. The summed E-state index contributed by atoms with van der Waals surface area (Å²) in [7, 11) is 0. The number of benzene rings is 2. The van der Waals surface area contributed by atoms with Gasteiger partial charge in [-0.3, -0.25) is 19.7 Å². The normalized spacial score (nSPS) is 12.4. The molecule has 0 saturated carbocycles. The molecule has 31 heavy (non-hydrogen) atoms. The SMILES string of the molecule is O=C(O)NC(Cc1ccc([N+](=O)[O-])cc1)C(=O)NC(CCc1ccccc1)C(=O)CO. The van der Waals surface area contributed by atoms with Crippen LogP contribution in [0.3, 0.4) is 0 Å². The van der Waals surface area contributed by atoms with Gasteiger partial charge in [-0.25, -0.2) is 4.79 Å². The minimum Gasteiger partial charge on any atom is -0.465 e. The number of nitrogens with one attached hydrogen (secondary N) is 2. The van der Waals surface area contributed by atoms with Gasteiger partial charge in [0.15, 0.2) is 5.78 Å². The molecular weight excluding hydrogens is 406 g/mol. The topological polar surface area (TPSA) is 159 Å². The third-order valence-corrected chi connectivity index (χ3v) is 4.63. The summed E-state index contributed by atoms with van der Waals surface area (Å²) >= 11 is 0. The molecule has 4 N–H and O–H groups in total. The second-order valence-corrected chi connectivity index (χ2v) is 6.84. The molecule has 0 radical (unpaired) electrons. The van der Waals surface area contributed by atoms with E-state index in [0.29, 0.717) is 12.0 Å². The maximum Gasteiger partial charge on any atom is 0.405 e. The third kappa shape index (κ3) is 7.52. The molecule has 2 amide bonds. The molecule has 2 unspecified atom stereocenters. The zero-order valence-corrected chi connectivity index (χ0v) is 16.6. The van der Waals surface area contributed by atoms with Crippen LogP contribution in [0.2, 0.25) is 0 Å². The maximum absolute atomic E-state index is 12.7. The van der Waals surface area contributed by atoms with Gasteiger partial charge in [0, 0.05) is 18.6 Å². The van der Waals surface area contributed by atoms with Crippen molar-refractivity contribution in [3.63, 3.8) is 0 Å². The van der Waals surface area contributed by atoms with E-state index in [9.17, 15) is 29.6 Å². The molecule has 0 aromatic heterocycles. The van der Waals surface area contributed by atoms with Gasteiger partial charge in [-0.15, -0.1) is 0 Å². The van der Waals surface area contributed by atoms with Gasteiger partial charge in [0.2, 0.25) is 5.91 Å². The first-order valence-electron chi connectivity index (χ1n) is 9.50. The lowest BCUT2D eigenvalue weighted by Crippen LogP contribution is -2.52. The highest BCUT2D eigenvalue weighted by molar-refractivity contribution is 5.92. The van der Waals surface area contributed by atoms with Crippen molar-refractivity contribution in [2.24, 2.45) is 0 Å². The number of ketones is 1. The Morgan fingerprint density at radius 2 is 1.58 bits per heavy atom. The monoisotopic (exact) mass is 429 g/mol. The van der Waals surface area contributed by atoms with Gasteiger partial charge in [-0.05, 0) is 24.0 Å². The first-order chi connectivity index (χ1) is 14.8. The van der Waals surface area contributed by atoms with E-state index in [1.165, 1.54) is 24.3 Å². The molecule has 0 aliphatic carbocycles. The third-order valence-electron chi connectivity index (χ3n) is 4.63. The predicted octanol–water partition coefficient (Wildman–Crippen LogP) is 1.45. The number of non-ortho nitro benzene ring substituents is 1. The molecule has 2 aromatic carbocycles. The van der Waals surface area contributed by atoms with Crippen LogP contribution in [-0.4, -0.2) is 51.6 Å². The smallest absolute Gasteiger partial charge is 0.405 e. The van der Waals surface area contributed by atoms with Gasteiger partial charge in [-0.1, -0.05) is 42.5 Å². The first-order valence-corrected chi connectivity index (χ1v) is 9.50. The minimum absolute atomic E-state index is 0.0746. The molecule has 0 fully saturated rings. The fraction of sp³-hybridized carbons (Fsp3) is 0.286. The van der Waals surface area contributed by atoms with E-state index < -0.39 is 41.4 Å². The number of carbonyl (C=O) groups is 3. The van der Waals surface area contributed by atoms with Crippen molar-refractivity contribution in [1.29, 1.82) is 0 Å². The quantitative estimate of drug-likeness (QED) is 0.311. The summed E-state index contributed by atoms with van der Waals surface area (Å²) < 4.78 is 0. The van der Waals surface area contributed by atoms with E-state index >= 15 is 0 Å². The molecule has 10 heteroatoms. The van der Waals surface area contributed by atoms with Crippen molar-refractivity contribution in [2.45, 2.75) is 31.3 Å². The van der Waals surface area contributed by atoms with E-state index in [2.05, 4.69) is 10.6 Å². The van der Waals surface area contributed by atoms with Gasteiger partial charge in [0.05, 0.1) is 11.0 Å². The Balaban J connectivity index is 2.10. The van der Waals surface area contributed by atoms with Crippen molar-refractivity contribution >= 4 is 23.5 Å². The summed E-state index contributed by atoms with van der Waals surface area (Å²) in [5, 5.41) is 33.7. The minimum atomic E-state index is -1.43. The zero-order chi connectivity index (χ0) is 22.8. The van der Waals surface area contributed by atoms with Crippen LogP contribution in [0, 0.1) is 10.1 Å². The van der Waals surface area contributed by atoms with Crippen LogP contribution in [0.25, 0.3) is 0 Å². The lowest BCUT2D eigenvalue weighted by atomic mass is 10.0. The van der Waals surface area contributed by atoms with E-state index in [0.717, 1.165) is 5.56 Å². The van der Waals surface area contributed by atoms with Gasteiger partial charge in [-0.2, -0.15) is 0 Å². The Bertz CT molecular complexity index is 916. The van der Waals surface area contributed by atoms with Crippen molar-refractivity contribution in [2.75, 3.05) is 6.61 Å². The van der Waals surface area contributed by atoms with Gasteiger partial charge in [0.1, 0.15) is 12.6 Å². The van der Waals surface area contributed by atoms with Crippen LogP contribution in [0.15, 0.2) is 54.6 Å². The summed E-state index contributed by atoms with van der Waals surface area (Å²) in [6, 6.07) is 12.4. The van der Waals surface area contributed by atoms with E-state index in [1.54, 1.807) is 0 Å². The van der Waals surface area contributed by atoms with Crippen LogP contribution in [-0.2, 0) is 22.4 Å². The molecule has 2 atom stereocenters. The summed E-state index contributed by atoms with van der Waals surface area (Å²) in [5.41, 5.74) is 1.30. The first kappa shape index (κ1) is 23.5. The molecule has 0 saturated heterocycles. The number of rotatable bonds is 11. The standard InChI is InChI=1S/C21H23N3O7/c25-13-19(26)17(11-8-14-4-2-1-3-5-14)22-20(27)18(23-21(28)29)12-15-6-9-16(10-7-15)24(30)31/h1-7,9-10,17-18,23,25H,8,11-13H2,(H,22,27)(H,28,29). The molecular formula is C21H23N3O7. The summed E-state index contributed by atoms with van der Waals surface area (Å²) in [6.07, 6.45) is -0.811. The molecule has 2 aromatic rings. The number of hydrogen-bond acceptors (Lipinski definition) is 6.